The van der Waals surface area contributed by atoms with Gasteiger partial charge >= 0.3 is 0 Å². The molecule has 1 amide bonds. The zero-order chi connectivity index (χ0) is 12.9. The summed E-state index contributed by atoms with van der Waals surface area (Å²) in [6.45, 7) is 1.80. The summed E-state index contributed by atoms with van der Waals surface area (Å²) < 4.78 is 0. The van der Waals surface area contributed by atoms with Crippen LogP contribution in [-0.4, -0.2) is 17.5 Å². The van der Waals surface area contributed by atoms with Crippen molar-refractivity contribution in [3.8, 4) is 0 Å². The van der Waals surface area contributed by atoms with Crippen LogP contribution in [0.15, 0.2) is 35.5 Å². The van der Waals surface area contributed by atoms with E-state index in [0.717, 1.165) is 0 Å². The monoisotopic (exact) mass is 241 g/mol. The van der Waals surface area contributed by atoms with Gasteiger partial charge in [0, 0.05) is 23.1 Å². The van der Waals surface area contributed by atoms with Crippen molar-refractivity contribution in [3.63, 3.8) is 0 Å². The van der Waals surface area contributed by atoms with Crippen LogP contribution in [0, 0.1) is 5.92 Å². The van der Waals surface area contributed by atoms with Crippen LogP contribution in [0.4, 0.5) is 0 Å². The van der Waals surface area contributed by atoms with Crippen LogP contribution < -0.4 is 5.32 Å². The molecule has 1 aromatic carbocycles. The predicted octanol–water partition coefficient (Wildman–Crippen LogP) is 1.48. The lowest BCUT2D eigenvalue weighted by molar-refractivity contribution is -0.121. The molecule has 0 bridgehead atoms. The van der Waals surface area contributed by atoms with E-state index < -0.39 is 0 Å². The van der Waals surface area contributed by atoms with Gasteiger partial charge in [0.25, 0.3) is 0 Å². The molecule has 1 heterocycles. The fraction of sp³-hybridized carbons (Fsp3) is 0.214. The summed E-state index contributed by atoms with van der Waals surface area (Å²) in [6, 6.07) is 6.72. The molecule has 0 spiro atoms. The van der Waals surface area contributed by atoms with Gasteiger partial charge in [0.2, 0.25) is 11.7 Å². The molecule has 0 aromatic heterocycles. The van der Waals surface area contributed by atoms with Crippen LogP contribution in [0.2, 0.25) is 0 Å². The number of allylic oxidation sites excluding steroid dienone is 2. The highest BCUT2D eigenvalue weighted by Crippen LogP contribution is 2.32. The molecule has 1 aliphatic heterocycles. The van der Waals surface area contributed by atoms with Crippen LogP contribution in [-0.2, 0) is 4.79 Å². The fourth-order valence-corrected chi connectivity index (χ4v) is 2.56. The Morgan fingerprint density at radius 3 is 2.33 bits per heavy atom. The number of carbonyl (C=O) groups is 3. The average molecular weight is 241 g/mol. The third kappa shape index (κ3) is 1.35. The molecule has 18 heavy (non-hydrogen) atoms. The second-order valence-electron chi connectivity index (χ2n) is 4.65. The van der Waals surface area contributed by atoms with Gasteiger partial charge in [-0.3, -0.25) is 14.4 Å². The van der Waals surface area contributed by atoms with Crippen LogP contribution in [0.5, 0.6) is 0 Å². The largest absolute Gasteiger partial charge is 0.322 e. The third-order valence-corrected chi connectivity index (χ3v) is 3.41. The Bertz CT molecular complexity index is 628. The Hall–Kier alpha value is -2.23. The second kappa shape index (κ2) is 3.63. The smallest absolute Gasteiger partial charge is 0.225 e. The van der Waals surface area contributed by atoms with Gasteiger partial charge in [-0.2, -0.15) is 0 Å². The van der Waals surface area contributed by atoms with Crippen molar-refractivity contribution in [1.82, 2.24) is 5.32 Å². The lowest BCUT2D eigenvalue weighted by atomic mass is 9.79. The third-order valence-electron chi connectivity index (χ3n) is 3.41. The molecule has 0 unspecified atom stereocenters. The van der Waals surface area contributed by atoms with Crippen LogP contribution in [0.1, 0.15) is 34.1 Å². The summed E-state index contributed by atoms with van der Waals surface area (Å²) in [5.74, 6) is -0.826. The van der Waals surface area contributed by atoms with Gasteiger partial charge in [0.1, 0.15) is 0 Å². The molecule has 1 N–H and O–H groups in total. The van der Waals surface area contributed by atoms with Gasteiger partial charge in [0.15, 0.2) is 5.78 Å². The summed E-state index contributed by atoms with van der Waals surface area (Å²) >= 11 is 0. The summed E-state index contributed by atoms with van der Waals surface area (Å²) in [5, 5.41) is 2.54. The number of amides is 1. The summed E-state index contributed by atoms with van der Waals surface area (Å²) in [5.41, 5.74) is 1.42. The lowest BCUT2D eigenvalue weighted by Crippen LogP contribution is -2.40. The number of fused-ring (bicyclic) bond motifs is 1. The maximum absolute atomic E-state index is 12.4. The predicted molar refractivity (Wildman–Crippen MR) is 64.1 cm³/mol. The molecule has 4 heteroatoms. The van der Waals surface area contributed by atoms with E-state index in [1.165, 1.54) is 0 Å². The second-order valence-corrected chi connectivity index (χ2v) is 4.65. The standard InChI is InChI=1S/C14H11NO3/c1-7-6-10(16)15-12-11(7)13(17)8-4-2-3-5-9(8)14(12)18/h2-5,7H,6H2,1H3,(H,15,16)/t7-/m1/s1. The van der Waals surface area contributed by atoms with Gasteiger partial charge < -0.3 is 5.32 Å². The molecule has 3 rings (SSSR count). The van der Waals surface area contributed by atoms with Crippen molar-refractivity contribution in [2.45, 2.75) is 13.3 Å². The van der Waals surface area contributed by atoms with Gasteiger partial charge in [-0.25, -0.2) is 0 Å². The Kier molecular flexibility index (Phi) is 2.20. The van der Waals surface area contributed by atoms with Crippen molar-refractivity contribution >= 4 is 17.5 Å². The van der Waals surface area contributed by atoms with E-state index in [4.69, 9.17) is 0 Å². The van der Waals surface area contributed by atoms with Crippen LogP contribution >= 0.6 is 0 Å². The number of hydrogen-bond acceptors (Lipinski definition) is 3. The Balaban J connectivity index is 2.23. The van der Waals surface area contributed by atoms with Crippen molar-refractivity contribution < 1.29 is 14.4 Å². The maximum Gasteiger partial charge on any atom is 0.225 e. The van der Waals surface area contributed by atoms with E-state index in [0.29, 0.717) is 16.7 Å². The highest BCUT2D eigenvalue weighted by Gasteiger charge is 2.38. The number of carbonyl (C=O) groups excluding carboxylic acids is 3. The number of hydrogen-bond donors (Lipinski definition) is 1. The van der Waals surface area contributed by atoms with E-state index in [-0.39, 0.29) is 35.5 Å². The molecular weight excluding hydrogens is 230 g/mol. The van der Waals surface area contributed by atoms with Crippen molar-refractivity contribution in [2.24, 2.45) is 5.92 Å². The van der Waals surface area contributed by atoms with Crippen LogP contribution in [0.3, 0.4) is 0 Å². The van der Waals surface area contributed by atoms with Gasteiger partial charge in [-0.05, 0) is 5.92 Å². The van der Waals surface area contributed by atoms with E-state index >= 15 is 0 Å². The van der Waals surface area contributed by atoms with Gasteiger partial charge in [-0.1, -0.05) is 31.2 Å². The van der Waals surface area contributed by atoms with E-state index in [1.807, 2.05) is 0 Å². The Morgan fingerprint density at radius 2 is 1.67 bits per heavy atom. The van der Waals surface area contributed by atoms with E-state index in [1.54, 1.807) is 31.2 Å². The SMILES string of the molecule is C[C@@H]1CC(=O)NC2=C1C(=O)c1ccccc1C2=O. The van der Waals surface area contributed by atoms with E-state index in [9.17, 15) is 14.4 Å². The lowest BCUT2D eigenvalue weighted by Gasteiger charge is -2.28. The molecule has 0 radical (unpaired) electrons. The number of benzene rings is 1. The normalized spacial score (nSPS) is 22.5. The summed E-state index contributed by atoms with van der Waals surface area (Å²) in [6.07, 6.45) is 0.250. The van der Waals surface area contributed by atoms with Crippen molar-refractivity contribution in [3.05, 3.63) is 46.7 Å². The quantitative estimate of drug-likeness (QED) is 0.748. The first-order valence-corrected chi connectivity index (χ1v) is 5.82. The molecule has 0 saturated heterocycles. The average Bonchev–Trinajstić information content (AvgIpc) is 2.35. The zero-order valence-electron chi connectivity index (χ0n) is 9.82. The first-order valence-electron chi connectivity index (χ1n) is 5.82. The molecule has 0 saturated carbocycles. The minimum Gasteiger partial charge on any atom is -0.322 e. The van der Waals surface area contributed by atoms with Crippen LogP contribution in [0.25, 0.3) is 0 Å². The Morgan fingerprint density at radius 1 is 1.06 bits per heavy atom. The van der Waals surface area contributed by atoms with E-state index in [2.05, 4.69) is 5.32 Å². The molecule has 2 aliphatic rings. The molecular formula is C14H11NO3. The molecule has 90 valence electrons. The first kappa shape index (κ1) is 10.9. The molecule has 1 aromatic rings. The first-order chi connectivity index (χ1) is 8.59. The topological polar surface area (TPSA) is 63.2 Å². The minimum atomic E-state index is -0.264. The zero-order valence-corrected chi connectivity index (χ0v) is 9.82. The molecule has 4 nitrogen and oxygen atoms in total. The van der Waals surface area contributed by atoms with Crippen molar-refractivity contribution in [1.29, 1.82) is 0 Å². The van der Waals surface area contributed by atoms with Gasteiger partial charge in [-0.15, -0.1) is 0 Å². The fourth-order valence-electron chi connectivity index (χ4n) is 2.56. The number of nitrogens with one attached hydrogen (secondary N) is 1. The summed E-state index contributed by atoms with van der Waals surface area (Å²) in [7, 11) is 0. The summed E-state index contributed by atoms with van der Waals surface area (Å²) in [4.78, 5) is 36.1. The number of rotatable bonds is 0. The van der Waals surface area contributed by atoms with Gasteiger partial charge in [0.05, 0.1) is 5.70 Å². The number of ketones is 2. The highest BCUT2D eigenvalue weighted by molar-refractivity contribution is 6.28. The maximum atomic E-state index is 12.4. The molecule has 0 fully saturated rings. The Labute approximate surface area is 104 Å². The van der Waals surface area contributed by atoms with Crippen molar-refractivity contribution in [2.75, 3.05) is 0 Å². The number of Topliss-reactive ketones (excluding diaryl/α,β-unsaturated/α-hetero) is 2. The molecule has 1 aliphatic carbocycles. The highest BCUT2D eigenvalue weighted by atomic mass is 16.2. The minimum absolute atomic E-state index is 0.146. The molecule has 1 atom stereocenters.